The predicted molar refractivity (Wildman–Crippen MR) is 57.7 cm³/mol. The predicted octanol–water partition coefficient (Wildman–Crippen LogP) is 1.84. The van der Waals surface area contributed by atoms with Gasteiger partial charge in [0.15, 0.2) is 0 Å². The van der Waals surface area contributed by atoms with Gasteiger partial charge in [0.1, 0.15) is 0 Å². The third-order valence-corrected chi connectivity index (χ3v) is 3.27. The van der Waals surface area contributed by atoms with Crippen LogP contribution in [-0.2, 0) is 0 Å². The fourth-order valence-electron chi connectivity index (χ4n) is 2.40. The molecule has 2 heteroatoms. The molecule has 2 nitrogen and oxygen atoms in total. The monoisotopic (exact) mass is 184 g/mol. The van der Waals surface area contributed by atoms with E-state index in [2.05, 4.69) is 25.8 Å². The maximum atomic E-state index is 6.13. The van der Waals surface area contributed by atoms with Crippen molar-refractivity contribution in [3.63, 3.8) is 0 Å². The molecule has 3 unspecified atom stereocenters. The summed E-state index contributed by atoms with van der Waals surface area (Å²) in [7, 11) is 2.21. The van der Waals surface area contributed by atoms with Gasteiger partial charge in [-0.2, -0.15) is 0 Å². The zero-order valence-corrected chi connectivity index (χ0v) is 9.29. The molecule has 0 aromatic carbocycles. The van der Waals surface area contributed by atoms with Crippen molar-refractivity contribution in [2.75, 3.05) is 13.6 Å². The van der Waals surface area contributed by atoms with Crippen LogP contribution >= 0.6 is 0 Å². The van der Waals surface area contributed by atoms with Gasteiger partial charge in [-0.15, -0.1) is 0 Å². The van der Waals surface area contributed by atoms with Crippen LogP contribution in [0, 0.1) is 5.92 Å². The highest BCUT2D eigenvalue weighted by molar-refractivity contribution is 4.86. The van der Waals surface area contributed by atoms with Gasteiger partial charge < -0.3 is 10.6 Å². The van der Waals surface area contributed by atoms with Crippen molar-refractivity contribution >= 4 is 0 Å². The van der Waals surface area contributed by atoms with Crippen LogP contribution in [0.15, 0.2) is 0 Å². The first-order valence-corrected chi connectivity index (χ1v) is 5.61. The van der Waals surface area contributed by atoms with Gasteiger partial charge in [-0.25, -0.2) is 0 Å². The van der Waals surface area contributed by atoms with E-state index in [9.17, 15) is 0 Å². The second-order valence-corrected chi connectivity index (χ2v) is 4.63. The van der Waals surface area contributed by atoms with Gasteiger partial charge in [-0.05, 0) is 45.2 Å². The zero-order valence-electron chi connectivity index (χ0n) is 9.29. The van der Waals surface area contributed by atoms with Gasteiger partial charge in [-0.3, -0.25) is 0 Å². The SMILES string of the molecule is CCCN(C)C1CC(C)CCC1N. The molecule has 0 saturated heterocycles. The quantitative estimate of drug-likeness (QED) is 0.725. The smallest absolute Gasteiger partial charge is 0.0246 e. The lowest BCUT2D eigenvalue weighted by molar-refractivity contribution is 0.143. The molecule has 3 atom stereocenters. The van der Waals surface area contributed by atoms with Gasteiger partial charge in [0, 0.05) is 12.1 Å². The molecule has 0 aromatic heterocycles. The van der Waals surface area contributed by atoms with E-state index in [0.717, 1.165) is 5.92 Å². The van der Waals surface area contributed by atoms with Crippen molar-refractivity contribution in [2.45, 2.75) is 51.6 Å². The third kappa shape index (κ3) is 2.96. The number of nitrogens with two attached hydrogens (primary N) is 1. The number of hydrogen-bond donors (Lipinski definition) is 1. The molecule has 1 rings (SSSR count). The lowest BCUT2D eigenvalue weighted by Crippen LogP contribution is -2.49. The van der Waals surface area contributed by atoms with E-state index in [0.29, 0.717) is 12.1 Å². The van der Waals surface area contributed by atoms with E-state index in [4.69, 9.17) is 5.73 Å². The second-order valence-electron chi connectivity index (χ2n) is 4.63. The average molecular weight is 184 g/mol. The molecule has 0 bridgehead atoms. The number of likely N-dealkylation sites (N-methyl/N-ethyl adjacent to an activating group) is 1. The minimum absolute atomic E-state index is 0.410. The summed E-state index contributed by atoms with van der Waals surface area (Å²) >= 11 is 0. The largest absolute Gasteiger partial charge is 0.326 e. The first-order valence-electron chi connectivity index (χ1n) is 5.61. The van der Waals surface area contributed by atoms with Crippen LogP contribution < -0.4 is 5.73 Å². The lowest BCUT2D eigenvalue weighted by Gasteiger charge is -2.38. The molecule has 0 aromatic rings. The van der Waals surface area contributed by atoms with E-state index in [1.807, 2.05) is 0 Å². The normalized spacial score (nSPS) is 35.3. The van der Waals surface area contributed by atoms with Crippen molar-refractivity contribution in [2.24, 2.45) is 11.7 Å². The van der Waals surface area contributed by atoms with Crippen molar-refractivity contribution < 1.29 is 0 Å². The second kappa shape index (κ2) is 4.97. The van der Waals surface area contributed by atoms with E-state index < -0.39 is 0 Å². The van der Waals surface area contributed by atoms with Crippen molar-refractivity contribution in [1.82, 2.24) is 4.90 Å². The van der Waals surface area contributed by atoms with Gasteiger partial charge in [0.2, 0.25) is 0 Å². The Morgan fingerprint density at radius 2 is 2.08 bits per heavy atom. The molecule has 2 N–H and O–H groups in total. The van der Waals surface area contributed by atoms with Crippen molar-refractivity contribution in [3.05, 3.63) is 0 Å². The summed E-state index contributed by atoms with van der Waals surface area (Å²) in [6.45, 7) is 5.76. The summed E-state index contributed by atoms with van der Waals surface area (Å²) in [5.41, 5.74) is 6.13. The van der Waals surface area contributed by atoms with Gasteiger partial charge in [0.05, 0.1) is 0 Å². The summed E-state index contributed by atoms with van der Waals surface area (Å²) < 4.78 is 0. The minimum Gasteiger partial charge on any atom is -0.326 e. The fraction of sp³-hybridized carbons (Fsp3) is 1.00. The van der Waals surface area contributed by atoms with Gasteiger partial charge in [-0.1, -0.05) is 13.8 Å². The van der Waals surface area contributed by atoms with Gasteiger partial charge in [0.25, 0.3) is 0 Å². The number of nitrogens with zero attached hydrogens (tertiary/aromatic N) is 1. The Morgan fingerprint density at radius 1 is 1.38 bits per heavy atom. The van der Waals surface area contributed by atoms with Crippen molar-refractivity contribution in [3.8, 4) is 0 Å². The third-order valence-electron chi connectivity index (χ3n) is 3.27. The Hall–Kier alpha value is -0.0800. The molecule has 1 aliphatic rings. The van der Waals surface area contributed by atoms with Crippen LogP contribution in [0.3, 0.4) is 0 Å². The molecule has 1 aliphatic carbocycles. The summed E-state index contributed by atoms with van der Waals surface area (Å²) in [4.78, 5) is 2.44. The summed E-state index contributed by atoms with van der Waals surface area (Å²) in [6.07, 6.45) is 5.04. The lowest BCUT2D eigenvalue weighted by atomic mass is 9.83. The highest BCUT2D eigenvalue weighted by Gasteiger charge is 2.28. The Labute approximate surface area is 82.5 Å². The van der Waals surface area contributed by atoms with Crippen LogP contribution in [0.1, 0.15) is 39.5 Å². The van der Waals surface area contributed by atoms with E-state index in [1.165, 1.54) is 32.2 Å². The summed E-state index contributed by atoms with van der Waals surface area (Å²) in [6, 6.07) is 1.04. The molecular formula is C11H24N2. The fourth-order valence-corrected chi connectivity index (χ4v) is 2.40. The molecule has 0 aliphatic heterocycles. The maximum Gasteiger partial charge on any atom is 0.0246 e. The van der Waals surface area contributed by atoms with Crippen LogP contribution in [-0.4, -0.2) is 30.6 Å². The van der Waals surface area contributed by atoms with Crippen LogP contribution in [0.5, 0.6) is 0 Å². The molecule has 0 spiro atoms. The van der Waals surface area contributed by atoms with E-state index in [1.54, 1.807) is 0 Å². The molecule has 78 valence electrons. The first kappa shape index (κ1) is 11.0. The minimum atomic E-state index is 0.410. The Morgan fingerprint density at radius 3 is 2.69 bits per heavy atom. The standard InChI is InChI=1S/C11H24N2/c1-4-7-13(3)11-8-9(2)5-6-10(11)12/h9-11H,4-8,12H2,1-3H3. The topological polar surface area (TPSA) is 29.3 Å². The highest BCUT2D eigenvalue weighted by Crippen LogP contribution is 2.25. The Kier molecular flexibility index (Phi) is 4.20. The molecule has 1 saturated carbocycles. The van der Waals surface area contributed by atoms with E-state index >= 15 is 0 Å². The Bertz CT molecular complexity index is 147. The molecular weight excluding hydrogens is 160 g/mol. The molecule has 0 amide bonds. The number of rotatable bonds is 3. The summed E-state index contributed by atoms with van der Waals surface area (Å²) in [5.74, 6) is 0.865. The highest BCUT2D eigenvalue weighted by atomic mass is 15.1. The van der Waals surface area contributed by atoms with Gasteiger partial charge >= 0.3 is 0 Å². The Balaban J connectivity index is 2.44. The zero-order chi connectivity index (χ0) is 9.84. The van der Waals surface area contributed by atoms with Crippen molar-refractivity contribution in [1.29, 1.82) is 0 Å². The van der Waals surface area contributed by atoms with E-state index in [-0.39, 0.29) is 0 Å². The van der Waals surface area contributed by atoms with Crippen LogP contribution in [0.2, 0.25) is 0 Å². The average Bonchev–Trinajstić information content (AvgIpc) is 2.09. The molecule has 0 heterocycles. The molecule has 1 fully saturated rings. The van der Waals surface area contributed by atoms with Crippen LogP contribution in [0.4, 0.5) is 0 Å². The summed E-state index contributed by atoms with van der Waals surface area (Å²) in [5, 5.41) is 0. The maximum absolute atomic E-state index is 6.13. The number of hydrogen-bond acceptors (Lipinski definition) is 2. The first-order chi connectivity index (χ1) is 6.15. The molecule has 13 heavy (non-hydrogen) atoms. The van der Waals surface area contributed by atoms with Crippen LogP contribution in [0.25, 0.3) is 0 Å². The molecule has 0 radical (unpaired) electrons.